The molecule has 26 heavy (non-hydrogen) atoms. The highest BCUT2D eigenvalue weighted by Crippen LogP contribution is 2.22. The number of amides is 1. The van der Waals surface area contributed by atoms with Crippen molar-refractivity contribution >= 4 is 21.8 Å². The zero-order valence-corrected chi connectivity index (χ0v) is 15.0. The molecule has 2 aromatic rings. The van der Waals surface area contributed by atoms with E-state index >= 15 is 0 Å². The molecule has 0 aliphatic carbocycles. The maximum atomic E-state index is 13.7. The summed E-state index contributed by atoms with van der Waals surface area (Å²) in [4.78, 5) is 18.0. The number of carbonyl (C=O) groups excluding carboxylic acids is 1. The number of fused-ring (bicyclic) bond motifs is 1. The number of rotatable bonds is 5. The number of amidine groups is 1. The Labute approximate surface area is 151 Å². The van der Waals surface area contributed by atoms with Crippen molar-refractivity contribution < 1.29 is 17.6 Å². The van der Waals surface area contributed by atoms with Crippen molar-refractivity contribution in [3.63, 3.8) is 0 Å². The van der Waals surface area contributed by atoms with Gasteiger partial charge in [0, 0.05) is 31.1 Å². The van der Waals surface area contributed by atoms with Crippen LogP contribution in [0.15, 0.2) is 58.4 Å². The summed E-state index contributed by atoms with van der Waals surface area (Å²) in [6.07, 6.45) is 0.0956. The number of sulfonamides is 1. The van der Waals surface area contributed by atoms with Crippen LogP contribution < -0.4 is 4.72 Å². The standard InChI is InChI=1S/C18H18FN3O3S/c1-22(12-13-6-2-4-8-15(13)19)17(23)10-11-20-18-14-7-3-5-9-16(14)26(24,25)21-18/h2-9H,10-12H2,1H3,(H,20,21). The largest absolute Gasteiger partial charge is 0.341 e. The molecule has 0 bridgehead atoms. The highest BCUT2D eigenvalue weighted by molar-refractivity contribution is 7.90. The first-order chi connectivity index (χ1) is 12.4. The second-order valence-corrected chi connectivity index (χ2v) is 7.57. The zero-order valence-electron chi connectivity index (χ0n) is 14.1. The molecule has 0 fully saturated rings. The number of benzene rings is 2. The van der Waals surface area contributed by atoms with E-state index in [1.54, 1.807) is 43.4 Å². The van der Waals surface area contributed by atoms with Gasteiger partial charge in [-0.05, 0) is 18.2 Å². The van der Waals surface area contributed by atoms with Crippen molar-refractivity contribution in [3.8, 4) is 0 Å². The number of aliphatic imine (C=N–C) groups is 1. The summed E-state index contributed by atoms with van der Waals surface area (Å²) in [5.74, 6) is -0.318. The molecule has 0 saturated carbocycles. The van der Waals surface area contributed by atoms with Crippen LogP contribution in [0.25, 0.3) is 0 Å². The first kappa shape index (κ1) is 18.1. The van der Waals surface area contributed by atoms with E-state index in [9.17, 15) is 17.6 Å². The zero-order chi connectivity index (χ0) is 18.7. The van der Waals surface area contributed by atoms with Gasteiger partial charge in [-0.3, -0.25) is 14.5 Å². The molecule has 8 heteroatoms. The van der Waals surface area contributed by atoms with E-state index in [1.807, 2.05) is 0 Å². The highest BCUT2D eigenvalue weighted by atomic mass is 32.2. The van der Waals surface area contributed by atoms with Gasteiger partial charge >= 0.3 is 0 Å². The Bertz CT molecular complexity index is 973. The summed E-state index contributed by atoms with van der Waals surface area (Å²) in [7, 11) is -1.99. The van der Waals surface area contributed by atoms with Crippen LogP contribution >= 0.6 is 0 Å². The fourth-order valence-corrected chi connectivity index (χ4v) is 3.93. The van der Waals surface area contributed by atoms with Gasteiger partial charge in [0.25, 0.3) is 10.0 Å². The second kappa shape index (κ2) is 7.25. The molecule has 6 nitrogen and oxygen atoms in total. The van der Waals surface area contributed by atoms with Crippen molar-refractivity contribution in [1.82, 2.24) is 9.62 Å². The van der Waals surface area contributed by atoms with Crippen LogP contribution in [0.1, 0.15) is 17.5 Å². The maximum Gasteiger partial charge on any atom is 0.263 e. The molecule has 0 spiro atoms. The Kier molecular flexibility index (Phi) is 5.03. The molecule has 1 aliphatic heterocycles. The number of halogens is 1. The van der Waals surface area contributed by atoms with Gasteiger partial charge in [-0.15, -0.1) is 0 Å². The van der Waals surface area contributed by atoms with E-state index in [-0.39, 0.29) is 42.0 Å². The molecule has 1 heterocycles. The molecular weight excluding hydrogens is 357 g/mol. The molecule has 1 aliphatic rings. The molecule has 0 saturated heterocycles. The van der Waals surface area contributed by atoms with Crippen molar-refractivity contribution in [2.45, 2.75) is 17.9 Å². The monoisotopic (exact) mass is 375 g/mol. The van der Waals surface area contributed by atoms with Crippen LogP contribution in [0.2, 0.25) is 0 Å². The normalized spacial score (nSPS) is 16.2. The molecule has 0 aromatic heterocycles. The molecule has 0 radical (unpaired) electrons. The first-order valence-electron chi connectivity index (χ1n) is 8.02. The smallest absolute Gasteiger partial charge is 0.263 e. The summed E-state index contributed by atoms with van der Waals surface area (Å²) >= 11 is 0. The lowest BCUT2D eigenvalue weighted by atomic mass is 10.2. The van der Waals surface area contributed by atoms with Gasteiger partial charge in [-0.1, -0.05) is 30.3 Å². The molecule has 0 atom stereocenters. The van der Waals surface area contributed by atoms with Gasteiger partial charge in [0.2, 0.25) is 5.91 Å². The van der Waals surface area contributed by atoms with E-state index in [4.69, 9.17) is 0 Å². The average Bonchev–Trinajstić information content (AvgIpc) is 2.88. The van der Waals surface area contributed by atoms with Crippen LogP contribution in [0.4, 0.5) is 4.39 Å². The van der Waals surface area contributed by atoms with Crippen molar-refractivity contribution in [1.29, 1.82) is 0 Å². The maximum absolute atomic E-state index is 13.7. The van der Waals surface area contributed by atoms with Crippen LogP contribution in [-0.2, 0) is 21.4 Å². The third-order valence-electron chi connectivity index (χ3n) is 4.05. The molecule has 136 valence electrons. The van der Waals surface area contributed by atoms with Crippen LogP contribution in [-0.4, -0.2) is 38.7 Å². The SMILES string of the molecule is CN(Cc1ccccc1F)C(=O)CCN=C1NS(=O)(=O)c2ccccc21. The number of hydrogen-bond acceptors (Lipinski definition) is 4. The Balaban J connectivity index is 1.62. The summed E-state index contributed by atoms with van der Waals surface area (Å²) in [5.41, 5.74) is 0.937. The summed E-state index contributed by atoms with van der Waals surface area (Å²) in [6, 6.07) is 12.8. The van der Waals surface area contributed by atoms with Gasteiger partial charge < -0.3 is 4.90 Å². The fraction of sp³-hybridized carbons (Fsp3) is 0.222. The first-order valence-corrected chi connectivity index (χ1v) is 9.51. The Morgan fingerprint density at radius 1 is 1.15 bits per heavy atom. The topological polar surface area (TPSA) is 78.8 Å². The summed E-state index contributed by atoms with van der Waals surface area (Å²) < 4.78 is 40.1. The second-order valence-electron chi connectivity index (χ2n) is 5.92. The summed E-state index contributed by atoms with van der Waals surface area (Å²) in [5, 5.41) is 0. The predicted octanol–water partition coefficient (Wildman–Crippen LogP) is 1.91. The lowest BCUT2D eigenvalue weighted by Gasteiger charge is -2.17. The van der Waals surface area contributed by atoms with Crippen LogP contribution in [0.5, 0.6) is 0 Å². The predicted molar refractivity (Wildman–Crippen MR) is 95.7 cm³/mol. The molecule has 1 amide bonds. The van der Waals surface area contributed by atoms with Crippen LogP contribution in [0, 0.1) is 5.82 Å². The van der Waals surface area contributed by atoms with Crippen molar-refractivity contribution in [2.24, 2.45) is 4.99 Å². The Morgan fingerprint density at radius 2 is 1.85 bits per heavy atom. The number of carbonyl (C=O) groups is 1. The highest BCUT2D eigenvalue weighted by Gasteiger charge is 2.29. The van der Waals surface area contributed by atoms with Crippen molar-refractivity contribution in [3.05, 3.63) is 65.5 Å². The van der Waals surface area contributed by atoms with Gasteiger partial charge in [0.05, 0.1) is 11.4 Å². The minimum Gasteiger partial charge on any atom is -0.341 e. The van der Waals surface area contributed by atoms with E-state index in [0.29, 0.717) is 11.1 Å². The minimum absolute atomic E-state index is 0.0956. The van der Waals surface area contributed by atoms with E-state index in [1.165, 1.54) is 17.0 Å². The van der Waals surface area contributed by atoms with Gasteiger partial charge in [-0.2, -0.15) is 0 Å². The number of nitrogens with one attached hydrogen (secondary N) is 1. The lowest BCUT2D eigenvalue weighted by Crippen LogP contribution is -2.27. The quantitative estimate of drug-likeness (QED) is 0.867. The van der Waals surface area contributed by atoms with Gasteiger partial charge in [-0.25, -0.2) is 12.8 Å². The Morgan fingerprint density at radius 3 is 2.62 bits per heavy atom. The summed E-state index contributed by atoms with van der Waals surface area (Å²) in [6.45, 7) is 0.296. The molecule has 2 aromatic carbocycles. The number of nitrogens with zero attached hydrogens (tertiary/aromatic N) is 2. The molecule has 0 unspecified atom stereocenters. The van der Waals surface area contributed by atoms with Gasteiger partial charge in [0.15, 0.2) is 0 Å². The Hall–Kier alpha value is -2.74. The van der Waals surface area contributed by atoms with Crippen LogP contribution in [0.3, 0.4) is 0 Å². The minimum atomic E-state index is -3.59. The van der Waals surface area contributed by atoms with Gasteiger partial charge in [0.1, 0.15) is 11.7 Å². The van der Waals surface area contributed by atoms with E-state index in [2.05, 4.69) is 9.71 Å². The molecular formula is C18H18FN3O3S. The van der Waals surface area contributed by atoms with Crippen molar-refractivity contribution in [2.75, 3.05) is 13.6 Å². The fourth-order valence-electron chi connectivity index (χ4n) is 2.68. The molecule has 1 N–H and O–H groups in total. The van der Waals surface area contributed by atoms with E-state index in [0.717, 1.165) is 0 Å². The number of hydrogen-bond donors (Lipinski definition) is 1. The van der Waals surface area contributed by atoms with E-state index < -0.39 is 10.0 Å². The lowest BCUT2D eigenvalue weighted by molar-refractivity contribution is -0.130. The average molecular weight is 375 g/mol. The molecule has 3 rings (SSSR count). The third kappa shape index (κ3) is 3.75. The third-order valence-corrected chi connectivity index (χ3v) is 5.45.